The quantitative estimate of drug-likeness (QED) is 0.665. The van der Waals surface area contributed by atoms with E-state index in [2.05, 4.69) is 29.6 Å². The molecule has 29 heavy (non-hydrogen) atoms. The van der Waals surface area contributed by atoms with Gasteiger partial charge in [-0.2, -0.15) is 0 Å². The minimum atomic E-state index is -0.425. The van der Waals surface area contributed by atoms with E-state index in [0.29, 0.717) is 18.2 Å². The predicted octanol–water partition coefficient (Wildman–Crippen LogP) is 6.25. The van der Waals surface area contributed by atoms with Crippen LogP contribution < -0.4 is 5.32 Å². The Kier molecular flexibility index (Phi) is 6.17. The standard InChI is InChI=1S/C25H31FN2O/c1-18-8-7-11-22(26)24(18)25(29)28-17-6-5-12-23(28)19-13-15-21(16-14-19)27-20-9-3-2-4-10-20/h7-8,11,13-16,20,23,27H,2-6,9-10,12,17H2,1H3/t23-/m1/s1. The molecule has 0 unspecified atom stereocenters. The molecule has 0 aromatic heterocycles. The van der Waals surface area contributed by atoms with Crippen LogP contribution in [0.2, 0.25) is 0 Å². The lowest BCUT2D eigenvalue weighted by Gasteiger charge is -2.36. The average molecular weight is 395 g/mol. The summed E-state index contributed by atoms with van der Waals surface area (Å²) in [5.41, 5.74) is 3.21. The fourth-order valence-electron chi connectivity index (χ4n) is 4.85. The van der Waals surface area contributed by atoms with E-state index in [1.807, 2.05) is 4.90 Å². The number of amides is 1. The zero-order chi connectivity index (χ0) is 20.2. The maximum Gasteiger partial charge on any atom is 0.257 e. The topological polar surface area (TPSA) is 32.3 Å². The predicted molar refractivity (Wildman–Crippen MR) is 116 cm³/mol. The number of carbonyl (C=O) groups excluding carboxylic acids is 1. The van der Waals surface area contributed by atoms with Crippen LogP contribution in [0.4, 0.5) is 10.1 Å². The molecule has 0 spiro atoms. The van der Waals surface area contributed by atoms with E-state index >= 15 is 0 Å². The SMILES string of the molecule is Cc1cccc(F)c1C(=O)N1CCCC[C@@H]1c1ccc(NC2CCCCC2)cc1. The van der Waals surface area contributed by atoms with Gasteiger partial charge in [0.1, 0.15) is 5.82 Å². The Morgan fingerprint density at radius 3 is 2.41 bits per heavy atom. The van der Waals surface area contributed by atoms with Crippen LogP contribution in [0, 0.1) is 12.7 Å². The first-order valence-corrected chi connectivity index (χ1v) is 11.1. The molecule has 1 saturated heterocycles. The van der Waals surface area contributed by atoms with Crippen molar-refractivity contribution >= 4 is 11.6 Å². The number of nitrogens with one attached hydrogen (secondary N) is 1. The van der Waals surface area contributed by atoms with Crippen LogP contribution >= 0.6 is 0 Å². The molecule has 2 fully saturated rings. The number of rotatable bonds is 4. The van der Waals surface area contributed by atoms with Gasteiger partial charge in [0, 0.05) is 18.3 Å². The van der Waals surface area contributed by atoms with Gasteiger partial charge in [-0.05, 0) is 68.4 Å². The van der Waals surface area contributed by atoms with Gasteiger partial charge in [0.15, 0.2) is 0 Å². The lowest BCUT2D eigenvalue weighted by molar-refractivity contribution is 0.0606. The van der Waals surface area contributed by atoms with Gasteiger partial charge in [-0.3, -0.25) is 4.79 Å². The number of benzene rings is 2. The molecular formula is C25H31FN2O. The molecule has 0 radical (unpaired) electrons. The number of nitrogens with zero attached hydrogens (tertiary/aromatic N) is 1. The molecule has 1 heterocycles. The molecule has 2 aliphatic rings. The van der Waals surface area contributed by atoms with Crippen LogP contribution in [0.25, 0.3) is 0 Å². The van der Waals surface area contributed by atoms with Gasteiger partial charge in [-0.15, -0.1) is 0 Å². The highest BCUT2D eigenvalue weighted by molar-refractivity contribution is 5.96. The molecule has 1 amide bonds. The molecule has 4 heteroatoms. The summed E-state index contributed by atoms with van der Waals surface area (Å²) in [5, 5.41) is 3.66. The van der Waals surface area contributed by atoms with Crippen molar-refractivity contribution < 1.29 is 9.18 Å². The molecule has 4 rings (SSSR count). The third kappa shape index (κ3) is 4.47. The van der Waals surface area contributed by atoms with Crippen LogP contribution in [-0.2, 0) is 0 Å². The van der Waals surface area contributed by atoms with Crippen LogP contribution in [0.1, 0.15) is 78.9 Å². The van der Waals surface area contributed by atoms with E-state index in [1.54, 1.807) is 19.1 Å². The number of anilines is 1. The van der Waals surface area contributed by atoms with Crippen molar-refractivity contribution in [2.24, 2.45) is 0 Å². The Hall–Kier alpha value is -2.36. The highest BCUT2D eigenvalue weighted by Gasteiger charge is 2.30. The summed E-state index contributed by atoms with van der Waals surface area (Å²) in [7, 11) is 0. The lowest BCUT2D eigenvalue weighted by atomic mass is 9.93. The molecule has 1 atom stereocenters. The molecule has 0 bridgehead atoms. The molecule has 154 valence electrons. The third-order valence-corrected chi connectivity index (χ3v) is 6.47. The maximum atomic E-state index is 14.4. The summed E-state index contributed by atoms with van der Waals surface area (Å²) in [6.07, 6.45) is 9.45. The summed E-state index contributed by atoms with van der Waals surface area (Å²) in [4.78, 5) is 15.1. The van der Waals surface area contributed by atoms with E-state index < -0.39 is 5.82 Å². The van der Waals surface area contributed by atoms with Gasteiger partial charge in [0.25, 0.3) is 5.91 Å². The first-order chi connectivity index (χ1) is 14.1. The smallest absolute Gasteiger partial charge is 0.257 e. The van der Waals surface area contributed by atoms with E-state index in [9.17, 15) is 9.18 Å². The molecule has 1 N–H and O–H groups in total. The van der Waals surface area contributed by atoms with Crippen LogP contribution in [0.5, 0.6) is 0 Å². The van der Waals surface area contributed by atoms with E-state index in [1.165, 1.54) is 38.2 Å². The number of hydrogen-bond acceptors (Lipinski definition) is 2. The lowest BCUT2D eigenvalue weighted by Crippen LogP contribution is -2.39. The van der Waals surface area contributed by atoms with Crippen LogP contribution in [0.3, 0.4) is 0 Å². The molecule has 2 aromatic rings. The molecule has 1 aliphatic carbocycles. The number of carbonyl (C=O) groups is 1. The van der Waals surface area contributed by atoms with E-state index in [-0.39, 0.29) is 17.5 Å². The van der Waals surface area contributed by atoms with Crippen molar-refractivity contribution in [3.8, 4) is 0 Å². The fourth-order valence-corrected chi connectivity index (χ4v) is 4.85. The molecule has 3 nitrogen and oxygen atoms in total. The average Bonchev–Trinajstić information content (AvgIpc) is 2.75. The first kappa shape index (κ1) is 19.9. The zero-order valence-electron chi connectivity index (χ0n) is 17.3. The second-order valence-corrected chi connectivity index (χ2v) is 8.54. The normalized spacial score (nSPS) is 20.5. The first-order valence-electron chi connectivity index (χ1n) is 11.1. The minimum Gasteiger partial charge on any atom is -0.382 e. The Morgan fingerprint density at radius 1 is 0.966 bits per heavy atom. The fraction of sp³-hybridized carbons (Fsp3) is 0.480. The summed E-state index contributed by atoms with van der Waals surface area (Å²) in [6.45, 7) is 2.49. The van der Waals surface area contributed by atoms with E-state index in [0.717, 1.165) is 30.5 Å². The largest absolute Gasteiger partial charge is 0.382 e. The van der Waals surface area contributed by atoms with Crippen molar-refractivity contribution in [2.75, 3.05) is 11.9 Å². The summed E-state index contributed by atoms with van der Waals surface area (Å²) in [5.74, 6) is -0.610. The Labute approximate surface area is 173 Å². The van der Waals surface area contributed by atoms with Gasteiger partial charge < -0.3 is 10.2 Å². The molecule has 2 aromatic carbocycles. The van der Waals surface area contributed by atoms with Gasteiger partial charge in [-0.1, -0.05) is 43.5 Å². The Bertz CT molecular complexity index is 822. The van der Waals surface area contributed by atoms with Crippen molar-refractivity contribution in [1.82, 2.24) is 4.90 Å². The van der Waals surface area contributed by atoms with Crippen molar-refractivity contribution in [3.63, 3.8) is 0 Å². The second kappa shape index (κ2) is 8.98. The maximum absolute atomic E-state index is 14.4. The van der Waals surface area contributed by atoms with Crippen molar-refractivity contribution in [1.29, 1.82) is 0 Å². The van der Waals surface area contributed by atoms with Crippen molar-refractivity contribution in [2.45, 2.75) is 70.4 Å². The van der Waals surface area contributed by atoms with Crippen LogP contribution in [-0.4, -0.2) is 23.4 Å². The number of piperidine rings is 1. The number of hydrogen-bond donors (Lipinski definition) is 1. The van der Waals surface area contributed by atoms with Gasteiger partial charge in [-0.25, -0.2) is 4.39 Å². The number of halogens is 1. The summed E-state index contributed by atoms with van der Waals surface area (Å²) in [6, 6.07) is 14.0. The van der Waals surface area contributed by atoms with Crippen molar-refractivity contribution in [3.05, 3.63) is 65.0 Å². The summed E-state index contributed by atoms with van der Waals surface area (Å²) >= 11 is 0. The van der Waals surface area contributed by atoms with Gasteiger partial charge in [0.05, 0.1) is 11.6 Å². The Morgan fingerprint density at radius 2 is 1.69 bits per heavy atom. The summed E-state index contributed by atoms with van der Waals surface area (Å²) < 4.78 is 14.4. The highest BCUT2D eigenvalue weighted by Crippen LogP contribution is 2.34. The Balaban J connectivity index is 1.52. The minimum absolute atomic E-state index is 0.0130. The van der Waals surface area contributed by atoms with Gasteiger partial charge >= 0.3 is 0 Å². The number of likely N-dealkylation sites (tertiary alicyclic amines) is 1. The third-order valence-electron chi connectivity index (χ3n) is 6.47. The highest BCUT2D eigenvalue weighted by atomic mass is 19.1. The monoisotopic (exact) mass is 394 g/mol. The zero-order valence-corrected chi connectivity index (χ0v) is 17.3. The molecule has 1 saturated carbocycles. The van der Waals surface area contributed by atoms with E-state index in [4.69, 9.17) is 0 Å². The second-order valence-electron chi connectivity index (χ2n) is 8.54. The van der Waals surface area contributed by atoms with Crippen LogP contribution in [0.15, 0.2) is 42.5 Å². The molecule has 1 aliphatic heterocycles. The number of aryl methyl sites for hydroxylation is 1. The van der Waals surface area contributed by atoms with Gasteiger partial charge in [0.2, 0.25) is 0 Å². The molecular weight excluding hydrogens is 363 g/mol.